The summed E-state index contributed by atoms with van der Waals surface area (Å²) >= 11 is 0. The number of carbonyl (C=O) groups is 3. The Labute approximate surface area is 181 Å². The van der Waals surface area contributed by atoms with Crippen LogP contribution in [-0.4, -0.2) is 96.5 Å². The number of carboxylic acid groups (broad SMARTS) is 1. The molecule has 0 saturated carbocycles. The van der Waals surface area contributed by atoms with Gasteiger partial charge in [-0.25, -0.2) is 4.79 Å². The summed E-state index contributed by atoms with van der Waals surface area (Å²) < 4.78 is 0. The second-order valence-corrected chi connectivity index (χ2v) is 9.90. The van der Waals surface area contributed by atoms with E-state index in [1.54, 1.807) is 18.0 Å². The van der Waals surface area contributed by atoms with E-state index in [2.05, 4.69) is 10.2 Å². The summed E-state index contributed by atoms with van der Waals surface area (Å²) in [5.41, 5.74) is -0.315. The van der Waals surface area contributed by atoms with Gasteiger partial charge in [-0.05, 0) is 32.4 Å². The number of hydrogen-bond acceptors (Lipinski definition) is 5. The molecule has 1 aliphatic heterocycles. The van der Waals surface area contributed by atoms with Crippen LogP contribution in [0.1, 0.15) is 41.5 Å². The third-order valence-electron chi connectivity index (χ3n) is 5.79. The summed E-state index contributed by atoms with van der Waals surface area (Å²) in [6.45, 7) is 13.5. The molecule has 1 fully saturated rings. The molecule has 0 spiro atoms. The number of carbonyl (C=O) groups excluding carboxylic acids is 2. The second-order valence-electron chi connectivity index (χ2n) is 9.90. The maximum absolute atomic E-state index is 13.5. The third-order valence-corrected chi connectivity index (χ3v) is 5.79. The molecule has 0 aromatic rings. The highest BCUT2D eigenvalue weighted by molar-refractivity contribution is 5.91. The second kappa shape index (κ2) is 10.4. The third kappa shape index (κ3) is 6.80. The van der Waals surface area contributed by atoms with Crippen molar-refractivity contribution in [3.8, 4) is 0 Å². The maximum Gasteiger partial charge on any atom is 0.331 e. The molecule has 2 unspecified atom stereocenters. The minimum atomic E-state index is -1.01. The molecule has 30 heavy (non-hydrogen) atoms. The molecule has 8 nitrogen and oxygen atoms in total. The Balaban J connectivity index is 3.12. The largest absolute Gasteiger partial charge is 0.478 e. The lowest BCUT2D eigenvalue weighted by Gasteiger charge is -2.40. The standard InChI is InChI=1S/C22H40N4O4/c1-14(2)16(12-15(3)21(29)30)26(9)20(28)18(22(4,5)6)23-19(27)17-13-24(7)10-11-25(17)8/h12,14,16-18H,10-11,13H2,1-9H3,(H,23,27)(H,29,30)/b15-12+/t16-,17?,18?/m1/s1. The number of likely N-dealkylation sites (N-methyl/N-ethyl adjacent to an activating group) is 3. The number of rotatable bonds is 7. The van der Waals surface area contributed by atoms with Crippen molar-refractivity contribution in [3.63, 3.8) is 0 Å². The maximum atomic E-state index is 13.5. The number of nitrogens with one attached hydrogen (secondary N) is 1. The summed E-state index contributed by atoms with van der Waals surface area (Å²) in [5, 5.41) is 12.2. The zero-order chi connectivity index (χ0) is 23.4. The molecule has 0 aromatic heterocycles. The van der Waals surface area contributed by atoms with Gasteiger partial charge in [0.1, 0.15) is 12.1 Å². The molecular weight excluding hydrogens is 384 g/mol. The van der Waals surface area contributed by atoms with Crippen molar-refractivity contribution in [2.24, 2.45) is 11.3 Å². The topological polar surface area (TPSA) is 93.2 Å². The van der Waals surface area contributed by atoms with Gasteiger partial charge >= 0.3 is 5.97 Å². The Bertz CT molecular complexity index is 669. The smallest absolute Gasteiger partial charge is 0.331 e. The number of nitrogens with zero attached hydrogens (tertiary/aromatic N) is 3. The summed E-state index contributed by atoms with van der Waals surface area (Å²) in [6, 6.07) is -1.43. The molecule has 1 aliphatic rings. The number of piperazine rings is 1. The number of amides is 2. The zero-order valence-electron chi connectivity index (χ0n) is 20.0. The van der Waals surface area contributed by atoms with Crippen molar-refractivity contribution in [1.82, 2.24) is 20.0 Å². The Hall–Kier alpha value is -1.93. The van der Waals surface area contributed by atoms with Crippen LogP contribution < -0.4 is 5.32 Å². The Morgan fingerprint density at radius 2 is 1.73 bits per heavy atom. The average molecular weight is 425 g/mol. The first-order chi connectivity index (χ1) is 13.7. The summed E-state index contributed by atoms with van der Waals surface area (Å²) in [7, 11) is 5.58. The monoisotopic (exact) mass is 424 g/mol. The minimum absolute atomic E-state index is 0.0164. The average Bonchev–Trinajstić information content (AvgIpc) is 2.63. The first kappa shape index (κ1) is 26.1. The van der Waals surface area contributed by atoms with Gasteiger partial charge < -0.3 is 20.2 Å². The van der Waals surface area contributed by atoms with Gasteiger partial charge in [0.05, 0.1) is 6.04 Å². The van der Waals surface area contributed by atoms with E-state index in [1.807, 2.05) is 53.6 Å². The lowest BCUT2D eigenvalue weighted by Crippen LogP contribution is -2.62. The van der Waals surface area contributed by atoms with Crippen molar-refractivity contribution in [2.75, 3.05) is 40.8 Å². The first-order valence-corrected chi connectivity index (χ1v) is 10.5. The summed E-state index contributed by atoms with van der Waals surface area (Å²) in [6.07, 6.45) is 1.61. The van der Waals surface area contributed by atoms with E-state index in [0.29, 0.717) is 6.54 Å². The van der Waals surface area contributed by atoms with Gasteiger partial charge in [-0.1, -0.05) is 40.7 Å². The van der Waals surface area contributed by atoms with E-state index in [9.17, 15) is 19.5 Å². The van der Waals surface area contributed by atoms with Crippen LogP contribution in [0.2, 0.25) is 0 Å². The van der Waals surface area contributed by atoms with Crippen molar-refractivity contribution in [3.05, 3.63) is 11.6 Å². The zero-order valence-corrected chi connectivity index (χ0v) is 20.0. The fourth-order valence-corrected chi connectivity index (χ4v) is 3.61. The molecule has 1 saturated heterocycles. The van der Waals surface area contributed by atoms with Crippen LogP contribution in [0, 0.1) is 11.3 Å². The van der Waals surface area contributed by atoms with Gasteiger partial charge in [0.25, 0.3) is 0 Å². The molecule has 2 amide bonds. The molecular formula is C22H40N4O4. The highest BCUT2D eigenvalue weighted by Crippen LogP contribution is 2.24. The van der Waals surface area contributed by atoms with Gasteiger partial charge in [-0.2, -0.15) is 0 Å². The predicted octanol–water partition coefficient (Wildman–Crippen LogP) is 1.28. The molecule has 1 rings (SSSR count). The normalized spacial score (nSPS) is 21.3. The van der Waals surface area contributed by atoms with Crippen molar-refractivity contribution in [2.45, 2.75) is 59.7 Å². The van der Waals surface area contributed by atoms with E-state index >= 15 is 0 Å². The molecule has 8 heteroatoms. The Kier molecular flexibility index (Phi) is 9.05. The molecule has 0 bridgehead atoms. The quantitative estimate of drug-likeness (QED) is 0.598. The molecule has 2 N–H and O–H groups in total. The van der Waals surface area contributed by atoms with E-state index in [1.165, 1.54) is 6.92 Å². The van der Waals surface area contributed by atoms with E-state index < -0.39 is 17.4 Å². The fourth-order valence-electron chi connectivity index (χ4n) is 3.61. The first-order valence-electron chi connectivity index (χ1n) is 10.5. The van der Waals surface area contributed by atoms with E-state index in [4.69, 9.17) is 0 Å². The van der Waals surface area contributed by atoms with Crippen LogP contribution in [0.15, 0.2) is 11.6 Å². The molecule has 0 aliphatic carbocycles. The fraction of sp³-hybridized carbons (Fsp3) is 0.773. The minimum Gasteiger partial charge on any atom is -0.478 e. The van der Waals surface area contributed by atoms with Crippen LogP contribution in [0.4, 0.5) is 0 Å². The molecule has 172 valence electrons. The summed E-state index contributed by atoms with van der Waals surface area (Å²) in [4.78, 5) is 43.5. The van der Waals surface area contributed by atoms with Gasteiger partial charge in [0.2, 0.25) is 11.8 Å². The highest BCUT2D eigenvalue weighted by atomic mass is 16.4. The van der Waals surface area contributed by atoms with Crippen LogP contribution in [0.5, 0.6) is 0 Å². The van der Waals surface area contributed by atoms with Gasteiger partial charge in [0, 0.05) is 32.3 Å². The van der Waals surface area contributed by atoms with Crippen LogP contribution in [0.25, 0.3) is 0 Å². The number of carboxylic acids is 1. The van der Waals surface area contributed by atoms with Gasteiger partial charge in [-0.3, -0.25) is 14.5 Å². The van der Waals surface area contributed by atoms with Crippen LogP contribution in [-0.2, 0) is 14.4 Å². The molecule has 0 aromatic carbocycles. The van der Waals surface area contributed by atoms with Crippen LogP contribution in [0.3, 0.4) is 0 Å². The van der Waals surface area contributed by atoms with Crippen LogP contribution >= 0.6 is 0 Å². The Morgan fingerprint density at radius 3 is 2.20 bits per heavy atom. The molecule has 0 radical (unpaired) electrons. The lowest BCUT2D eigenvalue weighted by atomic mass is 9.84. The van der Waals surface area contributed by atoms with Crippen molar-refractivity contribution < 1.29 is 19.5 Å². The predicted molar refractivity (Wildman–Crippen MR) is 118 cm³/mol. The number of hydrogen-bond donors (Lipinski definition) is 2. The Morgan fingerprint density at radius 1 is 1.17 bits per heavy atom. The SMILES string of the molecule is C/C(=C\[C@H](C(C)C)N(C)C(=O)C(NC(=O)C1CN(C)CCN1C)C(C)(C)C)C(=O)O. The van der Waals surface area contributed by atoms with Gasteiger partial charge in [-0.15, -0.1) is 0 Å². The van der Waals surface area contributed by atoms with Gasteiger partial charge in [0.15, 0.2) is 0 Å². The van der Waals surface area contributed by atoms with Crippen molar-refractivity contribution in [1.29, 1.82) is 0 Å². The molecule has 3 atom stereocenters. The lowest BCUT2D eigenvalue weighted by molar-refractivity contribution is -0.142. The number of aliphatic carboxylic acids is 1. The van der Waals surface area contributed by atoms with Crippen molar-refractivity contribution >= 4 is 17.8 Å². The van der Waals surface area contributed by atoms with E-state index in [-0.39, 0.29) is 35.4 Å². The highest BCUT2D eigenvalue weighted by Gasteiger charge is 2.39. The van der Waals surface area contributed by atoms with E-state index in [0.717, 1.165) is 13.1 Å². The summed E-state index contributed by atoms with van der Waals surface area (Å²) in [5.74, 6) is -1.38. The molecule has 1 heterocycles.